The lowest BCUT2D eigenvalue weighted by molar-refractivity contribution is -0.113. The highest BCUT2D eigenvalue weighted by Gasteiger charge is 2.31. The van der Waals surface area contributed by atoms with Crippen molar-refractivity contribution in [2.75, 3.05) is 18.4 Å². The number of nitrogens with zero attached hydrogens (tertiary/aromatic N) is 1. The molecule has 0 unspecified atom stereocenters. The van der Waals surface area contributed by atoms with Gasteiger partial charge in [-0.3, -0.25) is 4.79 Å². The number of nitrogens with one attached hydrogen (secondary N) is 1. The van der Waals surface area contributed by atoms with Crippen molar-refractivity contribution in [3.05, 3.63) is 41.1 Å². The molecule has 0 radical (unpaired) electrons. The van der Waals surface area contributed by atoms with E-state index in [4.69, 9.17) is 0 Å². The molecule has 1 aromatic carbocycles. The predicted molar refractivity (Wildman–Crippen MR) is 76.9 cm³/mol. The first kappa shape index (κ1) is 12.3. The SMILES string of the molecule is Cc1cccc(C)c1NC(=O)C1=CN2CCC1CC2. The van der Waals surface area contributed by atoms with Crippen molar-refractivity contribution in [2.24, 2.45) is 5.92 Å². The summed E-state index contributed by atoms with van der Waals surface area (Å²) in [5, 5.41) is 3.10. The van der Waals surface area contributed by atoms with E-state index >= 15 is 0 Å². The minimum atomic E-state index is 0.0757. The van der Waals surface area contributed by atoms with Crippen molar-refractivity contribution in [2.45, 2.75) is 26.7 Å². The number of para-hydroxylation sites is 1. The van der Waals surface area contributed by atoms with Crippen molar-refractivity contribution in [1.29, 1.82) is 0 Å². The lowest BCUT2D eigenvalue weighted by Gasteiger charge is -2.38. The van der Waals surface area contributed by atoms with Crippen molar-refractivity contribution in [3.8, 4) is 0 Å². The van der Waals surface area contributed by atoms with Crippen LogP contribution in [0.2, 0.25) is 0 Å². The number of rotatable bonds is 2. The number of benzene rings is 1. The van der Waals surface area contributed by atoms with Gasteiger partial charge in [0.15, 0.2) is 0 Å². The van der Waals surface area contributed by atoms with Crippen LogP contribution in [0.15, 0.2) is 30.0 Å². The maximum atomic E-state index is 12.5. The fourth-order valence-corrected chi connectivity index (χ4v) is 3.08. The molecule has 1 saturated heterocycles. The van der Waals surface area contributed by atoms with Crippen LogP contribution in [0.5, 0.6) is 0 Å². The van der Waals surface area contributed by atoms with Gasteiger partial charge in [0.1, 0.15) is 0 Å². The molecule has 3 aliphatic rings. The smallest absolute Gasteiger partial charge is 0.253 e. The van der Waals surface area contributed by atoms with Gasteiger partial charge in [0, 0.05) is 30.5 Å². The third-order valence-corrected chi connectivity index (χ3v) is 4.27. The van der Waals surface area contributed by atoms with Crippen LogP contribution in [0.25, 0.3) is 0 Å². The summed E-state index contributed by atoms with van der Waals surface area (Å²) in [5.74, 6) is 0.529. The molecule has 1 aromatic rings. The lowest BCUT2D eigenvalue weighted by Crippen LogP contribution is -2.39. The van der Waals surface area contributed by atoms with E-state index in [9.17, 15) is 4.79 Å². The number of hydrogen-bond acceptors (Lipinski definition) is 2. The summed E-state index contributed by atoms with van der Waals surface area (Å²) in [6.07, 6.45) is 4.29. The van der Waals surface area contributed by atoms with Gasteiger partial charge in [-0.15, -0.1) is 0 Å². The summed E-state index contributed by atoms with van der Waals surface area (Å²) in [7, 11) is 0. The highest BCUT2D eigenvalue weighted by molar-refractivity contribution is 6.05. The largest absolute Gasteiger partial charge is 0.377 e. The van der Waals surface area contributed by atoms with Crippen LogP contribution in [0, 0.1) is 19.8 Å². The Morgan fingerprint density at radius 3 is 2.37 bits per heavy atom. The third kappa shape index (κ3) is 2.25. The zero-order chi connectivity index (χ0) is 13.4. The number of aryl methyl sites for hydroxylation is 2. The predicted octanol–water partition coefficient (Wildman–Crippen LogP) is 2.85. The second kappa shape index (κ2) is 4.72. The molecule has 1 fully saturated rings. The van der Waals surface area contributed by atoms with Crippen LogP contribution in [0.3, 0.4) is 0 Å². The number of piperidine rings is 1. The van der Waals surface area contributed by atoms with E-state index in [0.717, 1.165) is 48.3 Å². The Labute approximate surface area is 114 Å². The molecule has 100 valence electrons. The molecule has 3 nitrogen and oxygen atoms in total. The summed E-state index contributed by atoms with van der Waals surface area (Å²) in [4.78, 5) is 14.7. The summed E-state index contributed by atoms with van der Waals surface area (Å²) < 4.78 is 0. The summed E-state index contributed by atoms with van der Waals surface area (Å²) in [6.45, 7) is 6.27. The Morgan fingerprint density at radius 1 is 1.21 bits per heavy atom. The van der Waals surface area contributed by atoms with Crippen LogP contribution in [0.1, 0.15) is 24.0 Å². The minimum Gasteiger partial charge on any atom is -0.377 e. The maximum Gasteiger partial charge on any atom is 0.253 e. The van der Waals surface area contributed by atoms with Crippen LogP contribution >= 0.6 is 0 Å². The van der Waals surface area contributed by atoms with Gasteiger partial charge in [-0.05, 0) is 43.7 Å². The Kier molecular flexibility index (Phi) is 3.05. The monoisotopic (exact) mass is 256 g/mol. The minimum absolute atomic E-state index is 0.0757. The fourth-order valence-electron chi connectivity index (χ4n) is 3.08. The molecule has 0 aliphatic carbocycles. The Balaban J connectivity index is 1.82. The highest BCUT2D eigenvalue weighted by atomic mass is 16.1. The summed E-state index contributed by atoms with van der Waals surface area (Å²) in [6, 6.07) is 6.09. The van der Waals surface area contributed by atoms with Crippen molar-refractivity contribution >= 4 is 11.6 Å². The molecule has 0 spiro atoms. The third-order valence-electron chi connectivity index (χ3n) is 4.27. The average Bonchev–Trinajstić information content (AvgIpc) is 2.44. The van der Waals surface area contributed by atoms with Crippen molar-refractivity contribution < 1.29 is 4.79 Å². The van der Waals surface area contributed by atoms with E-state index < -0.39 is 0 Å². The second-order valence-corrected chi connectivity index (χ2v) is 5.62. The van der Waals surface area contributed by atoms with Gasteiger partial charge in [0.25, 0.3) is 5.91 Å². The standard InChI is InChI=1S/C16H20N2O/c1-11-4-3-5-12(2)15(11)17-16(19)14-10-18-8-6-13(14)7-9-18/h3-5,10,13H,6-9H2,1-2H3,(H,17,19). The summed E-state index contributed by atoms with van der Waals surface area (Å²) in [5.41, 5.74) is 4.16. The first-order chi connectivity index (χ1) is 9.15. The molecule has 1 N–H and O–H groups in total. The Bertz CT molecular complexity index is 519. The lowest BCUT2D eigenvalue weighted by atomic mass is 9.85. The van der Waals surface area contributed by atoms with E-state index in [-0.39, 0.29) is 5.91 Å². The number of anilines is 1. The Hall–Kier alpha value is -1.77. The van der Waals surface area contributed by atoms with Crippen LogP contribution in [-0.2, 0) is 4.79 Å². The molecular weight excluding hydrogens is 236 g/mol. The van der Waals surface area contributed by atoms with Gasteiger partial charge in [0.05, 0.1) is 0 Å². The van der Waals surface area contributed by atoms with Gasteiger partial charge < -0.3 is 10.2 Å². The molecule has 4 rings (SSSR count). The van der Waals surface area contributed by atoms with Crippen LogP contribution in [0.4, 0.5) is 5.69 Å². The zero-order valence-electron chi connectivity index (χ0n) is 11.6. The van der Waals surface area contributed by atoms with Gasteiger partial charge in [-0.1, -0.05) is 18.2 Å². The Morgan fingerprint density at radius 2 is 1.84 bits per heavy atom. The maximum absolute atomic E-state index is 12.5. The molecule has 1 amide bonds. The second-order valence-electron chi connectivity index (χ2n) is 5.62. The van der Waals surface area contributed by atoms with E-state index in [2.05, 4.69) is 16.4 Å². The quantitative estimate of drug-likeness (QED) is 0.882. The molecule has 0 saturated carbocycles. The van der Waals surface area contributed by atoms with E-state index in [1.807, 2.05) is 32.0 Å². The summed E-state index contributed by atoms with van der Waals surface area (Å²) >= 11 is 0. The number of fused-ring (bicyclic) bond motifs is 2. The number of carbonyl (C=O) groups is 1. The van der Waals surface area contributed by atoms with Crippen molar-refractivity contribution in [3.63, 3.8) is 0 Å². The van der Waals surface area contributed by atoms with Gasteiger partial charge in [0.2, 0.25) is 0 Å². The molecular formula is C16H20N2O. The van der Waals surface area contributed by atoms with Crippen LogP contribution < -0.4 is 5.32 Å². The number of carbonyl (C=O) groups excluding carboxylic acids is 1. The molecule has 3 aliphatic heterocycles. The zero-order valence-corrected chi connectivity index (χ0v) is 11.6. The first-order valence-electron chi connectivity index (χ1n) is 6.98. The molecule has 0 atom stereocenters. The van der Waals surface area contributed by atoms with E-state index in [1.165, 1.54) is 0 Å². The van der Waals surface area contributed by atoms with Gasteiger partial charge in [-0.25, -0.2) is 0 Å². The fraction of sp³-hybridized carbons (Fsp3) is 0.438. The van der Waals surface area contributed by atoms with Gasteiger partial charge >= 0.3 is 0 Å². The molecule has 3 heterocycles. The topological polar surface area (TPSA) is 32.3 Å². The number of hydrogen-bond donors (Lipinski definition) is 1. The molecule has 0 aromatic heterocycles. The first-order valence-corrected chi connectivity index (χ1v) is 6.98. The molecule has 19 heavy (non-hydrogen) atoms. The number of amides is 1. The molecule has 2 bridgehead atoms. The average molecular weight is 256 g/mol. The van der Waals surface area contributed by atoms with E-state index in [1.54, 1.807) is 0 Å². The van der Waals surface area contributed by atoms with E-state index in [0.29, 0.717) is 5.92 Å². The molecule has 3 heteroatoms. The normalized spacial score (nSPS) is 18.4. The van der Waals surface area contributed by atoms with Crippen molar-refractivity contribution in [1.82, 2.24) is 4.90 Å². The van der Waals surface area contributed by atoms with Crippen LogP contribution in [-0.4, -0.2) is 23.9 Å². The van der Waals surface area contributed by atoms with Gasteiger partial charge in [-0.2, -0.15) is 0 Å². The highest BCUT2D eigenvalue weighted by Crippen LogP contribution is 2.32.